The first kappa shape index (κ1) is 23.2. The van der Waals surface area contributed by atoms with Crippen LogP contribution in [0.4, 0.5) is 5.69 Å². The summed E-state index contributed by atoms with van der Waals surface area (Å²) in [5.41, 5.74) is 0.168. The number of anilines is 1. The molecule has 0 aliphatic heterocycles. The number of sulfonamides is 1. The molecule has 1 heterocycles. The van der Waals surface area contributed by atoms with Crippen LogP contribution in [0.2, 0.25) is 0 Å². The topological polar surface area (TPSA) is 123 Å². The number of fused-ring (bicyclic) bond motifs is 1. The Kier molecular flexibility index (Phi) is 7.06. The zero-order valence-corrected chi connectivity index (χ0v) is 18.3. The Labute approximate surface area is 184 Å². The molecule has 0 saturated heterocycles. The number of hydrogen-bond donors (Lipinski definition) is 1. The van der Waals surface area contributed by atoms with Gasteiger partial charge in [-0.3, -0.25) is 9.59 Å². The van der Waals surface area contributed by atoms with Crippen LogP contribution >= 0.6 is 0 Å². The lowest BCUT2D eigenvalue weighted by atomic mass is 10.2. The third kappa shape index (κ3) is 5.04. The second kappa shape index (κ2) is 9.75. The molecule has 0 spiro atoms. The number of benzene rings is 2. The molecule has 0 aliphatic carbocycles. The molecule has 1 N–H and O–H groups in total. The lowest BCUT2D eigenvalue weighted by Gasteiger charge is -2.18. The monoisotopic (exact) mass is 458 g/mol. The van der Waals surface area contributed by atoms with Gasteiger partial charge in [-0.25, -0.2) is 13.2 Å². The quantitative estimate of drug-likeness (QED) is 0.515. The van der Waals surface area contributed by atoms with E-state index in [2.05, 4.69) is 5.32 Å². The first-order valence-corrected chi connectivity index (χ1v) is 11.3. The average Bonchev–Trinajstić information content (AvgIpc) is 2.78. The van der Waals surface area contributed by atoms with Gasteiger partial charge in [0.05, 0.1) is 10.3 Å². The van der Waals surface area contributed by atoms with Crippen LogP contribution in [-0.4, -0.2) is 44.3 Å². The van der Waals surface area contributed by atoms with Crippen molar-refractivity contribution in [2.24, 2.45) is 0 Å². The van der Waals surface area contributed by atoms with Crippen LogP contribution in [0.25, 0.3) is 11.0 Å². The van der Waals surface area contributed by atoms with Crippen LogP contribution in [0.15, 0.2) is 68.7 Å². The maximum Gasteiger partial charge on any atom is 0.374 e. The molecule has 0 unspecified atom stereocenters. The Morgan fingerprint density at radius 2 is 1.69 bits per heavy atom. The number of ether oxygens (including phenoxy) is 1. The second-order valence-electron chi connectivity index (χ2n) is 6.71. The molecule has 3 rings (SSSR count). The van der Waals surface area contributed by atoms with Gasteiger partial charge in [-0.2, -0.15) is 4.31 Å². The van der Waals surface area contributed by atoms with E-state index in [1.807, 2.05) is 0 Å². The number of nitrogens with zero attached hydrogens (tertiary/aromatic N) is 1. The summed E-state index contributed by atoms with van der Waals surface area (Å²) in [4.78, 5) is 36.4. The first-order chi connectivity index (χ1) is 15.3. The van der Waals surface area contributed by atoms with E-state index in [0.29, 0.717) is 24.2 Å². The lowest BCUT2D eigenvalue weighted by Crippen LogP contribution is -2.30. The molecule has 168 valence electrons. The van der Waals surface area contributed by atoms with Gasteiger partial charge >= 0.3 is 5.97 Å². The minimum absolute atomic E-state index is 0.108. The van der Waals surface area contributed by atoms with Crippen LogP contribution in [-0.2, 0) is 19.6 Å². The highest BCUT2D eigenvalue weighted by Crippen LogP contribution is 2.18. The molecule has 1 amide bonds. The molecule has 9 nitrogen and oxygen atoms in total. The summed E-state index contributed by atoms with van der Waals surface area (Å²) in [6, 6.07) is 13.1. The van der Waals surface area contributed by atoms with Crippen molar-refractivity contribution in [2.45, 2.75) is 18.7 Å². The summed E-state index contributed by atoms with van der Waals surface area (Å²) >= 11 is 0. The van der Waals surface area contributed by atoms with Gasteiger partial charge in [0.25, 0.3) is 5.91 Å². The van der Waals surface area contributed by atoms with Crippen molar-refractivity contribution in [3.63, 3.8) is 0 Å². The molecule has 0 aliphatic rings. The number of carbonyl (C=O) groups is 2. The van der Waals surface area contributed by atoms with Crippen LogP contribution in [0, 0.1) is 0 Å². The molecule has 2 aromatic carbocycles. The number of amides is 1. The largest absolute Gasteiger partial charge is 0.450 e. The molecule has 0 radical (unpaired) electrons. The predicted molar refractivity (Wildman–Crippen MR) is 118 cm³/mol. The summed E-state index contributed by atoms with van der Waals surface area (Å²) in [5.74, 6) is -1.91. The van der Waals surface area contributed by atoms with E-state index >= 15 is 0 Å². The van der Waals surface area contributed by atoms with Gasteiger partial charge in [0.15, 0.2) is 12.0 Å². The Balaban J connectivity index is 1.61. The van der Waals surface area contributed by atoms with E-state index < -0.39 is 33.9 Å². The number of para-hydroxylation sites is 1. The summed E-state index contributed by atoms with van der Waals surface area (Å²) < 4.78 is 36.6. The van der Waals surface area contributed by atoms with Crippen molar-refractivity contribution < 1.29 is 27.2 Å². The van der Waals surface area contributed by atoms with Gasteiger partial charge in [-0.15, -0.1) is 0 Å². The van der Waals surface area contributed by atoms with Crippen molar-refractivity contribution in [3.05, 3.63) is 70.6 Å². The highest BCUT2D eigenvalue weighted by Gasteiger charge is 2.21. The third-order valence-corrected chi connectivity index (χ3v) is 6.72. The standard InChI is InChI=1S/C22H22N2O7S/c1-3-24(4-2)32(28,29)16-11-9-15(10-12-16)23-21(26)14-30-22(27)20-13-18(25)17-7-5-6-8-19(17)31-20/h5-13H,3-4,14H2,1-2H3,(H,23,26). The third-order valence-electron chi connectivity index (χ3n) is 4.65. The fraction of sp³-hybridized carbons (Fsp3) is 0.227. The van der Waals surface area contributed by atoms with Crippen molar-refractivity contribution in [1.82, 2.24) is 4.31 Å². The Bertz CT molecular complexity index is 1290. The molecule has 10 heteroatoms. The van der Waals surface area contributed by atoms with Gasteiger partial charge in [-0.05, 0) is 36.4 Å². The summed E-state index contributed by atoms with van der Waals surface area (Å²) in [7, 11) is -3.60. The lowest BCUT2D eigenvalue weighted by molar-refractivity contribution is -0.119. The SMILES string of the molecule is CCN(CC)S(=O)(=O)c1ccc(NC(=O)COC(=O)c2cc(=O)c3ccccc3o2)cc1. The van der Waals surface area contributed by atoms with Crippen LogP contribution < -0.4 is 10.7 Å². The van der Waals surface area contributed by atoms with E-state index in [0.717, 1.165) is 6.07 Å². The second-order valence-corrected chi connectivity index (χ2v) is 8.65. The number of carbonyl (C=O) groups excluding carboxylic acids is 2. The number of nitrogens with one attached hydrogen (secondary N) is 1. The molecule has 1 aromatic heterocycles. The first-order valence-electron chi connectivity index (χ1n) is 9.86. The van der Waals surface area contributed by atoms with Gasteiger partial charge in [0.1, 0.15) is 5.58 Å². The normalized spacial score (nSPS) is 11.5. The van der Waals surface area contributed by atoms with Crippen LogP contribution in [0.3, 0.4) is 0 Å². The van der Waals surface area contributed by atoms with E-state index in [1.54, 1.807) is 38.1 Å². The van der Waals surface area contributed by atoms with Crippen LogP contribution in [0.5, 0.6) is 0 Å². The van der Waals surface area contributed by atoms with Gasteiger partial charge < -0.3 is 14.5 Å². The fourth-order valence-electron chi connectivity index (χ4n) is 3.03. The number of rotatable bonds is 8. The smallest absolute Gasteiger partial charge is 0.374 e. The van der Waals surface area contributed by atoms with E-state index in [9.17, 15) is 22.8 Å². The summed E-state index contributed by atoms with van der Waals surface area (Å²) in [6.45, 7) is 3.58. The predicted octanol–water partition coefficient (Wildman–Crippen LogP) is 2.62. The Morgan fingerprint density at radius 1 is 1.03 bits per heavy atom. The van der Waals surface area contributed by atoms with Crippen molar-refractivity contribution >= 4 is 38.6 Å². The van der Waals surface area contributed by atoms with Crippen molar-refractivity contribution in [3.8, 4) is 0 Å². The van der Waals surface area contributed by atoms with Gasteiger partial charge in [-0.1, -0.05) is 26.0 Å². The maximum absolute atomic E-state index is 12.5. The van der Waals surface area contributed by atoms with Gasteiger partial charge in [0.2, 0.25) is 15.8 Å². The summed E-state index contributed by atoms with van der Waals surface area (Å²) in [5, 5.41) is 2.84. The average molecular weight is 458 g/mol. The van der Waals surface area contributed by atoms with E-state index in [4.69, 9.17) is 9.15 Å². The fourth-order valence-corrected chi connectivity index (χ4v) is 4.48. The molecule has 3 aromatic rings. The summed E-state index contributed by atoms with van der Waals surface area (Å²) in [6.07, 6.45) is 0. The number of hydrogen-bond acceptors (Lipinski definition) is 7. The zero-order chi connectivity index (χ0) is 23.3. The minimum Gasteiger partial charge on any atom is -0.450 e. The van der Waals surface area contributed by atoms with E-state index in [1.165, 1.54) is 28.6 Å². The highest BCUT2D eigenvalue weighted by molar-refractivity contribution is 7.89. The molecule has 0 fully saturated rings. The Morgan fingerprint density at radius 3 is 2.34 bits per heavy atom. The number of esters is 1. The highest BCUT2D eigenvalue weighted by atomic mass is 32.2. The minimum atomic E-state index is -3.60. The zero-order valence-electron chi connectivity index (χ0n) is 17.5. The molecular weight excluding hydrogens is 436 g/mol. The molecule has 0 bridgehead atoms. The molecule has 0 atom stereocenters. The molecular formula is C22H22N2O7S. The van der Waals surface area contributed by atoms with Gasteiger partial charge in [0, 0.05) is 24.8 Å². The maximum atomic E-state index is 12.5. The molecule has 0 saturated carbocycles. The van der Waals surface area contributed by atoms with E-state index in [-0.39, 0.29) is 16.2 Å². The van der Waals surface area contributed by atoms with Crippen LogP contribution in [0.1, 0.15) is 24.4 Å². The molecule has 32 heavy (non-hydrogen) atoms. The Hall–Kier alpha value is -3.50. The van der Waals surface area contributed by atoms with Crippen molar-refractivity contribution in [2.75, 3.05) is 25.0 Å². The van der Waals surface area contributed by atoms with Crippen molar-refractivity contribution in [1.29, 1.82) is 0 Å².